The zero-order valence-corrected chi connectivity index (χ0v) is 11.6. The molecule has 1 fully saturated rings. The molecule has 2 nitrogen and oxygen atoms in total. The molecule has 0 bridgehead atoms. The van der Waals surface area contributed by atoms with E-state index in [1.54, 1.807) is 7.11 Å². The van der Waals surface area contributed by atoms with Gasteiger partial charge in [0, 0.05) is 18.2 Å². The summed E-state index contributed by atoms with van der Waals surface area (Å²) < 4.78 is 5.40. The molecule has 0 aliphatic heterocycles. The molecule has 1 aromatic carbocycles. The van der Waals surface area contributed by atoms with Gasteiger partial charge in [-0.3, -0.25) is 0 Å². The Labute approximate surface area is 111 Å². The van der Waals surface area contributed by atoms with Crippen molar-refractivity contribution in [2.45, 2.75) is 51.6 Å². The van der Waals surface area contributed by atoms with Crippen molar-refractivity contribution in [1.82, 2.24) is 5.32 Å². The van der Waals surface area contributed by atoms with Crippen molar-refractivity contribution >= 4 is 0 Å². The number of methoxy groups -OCH3 is 1. The molecule has 0 aromatic heterocycles. The van der Waals surface area contributed by atoms with Gasteiger partial charge in [0.25, 0.3) is 0 Å². The lowest BCUT2D eigenvalue weighted by molar-refractivity contribution is 0.253. The predicted octanol–water partition coefficient (Wildman–Crippen LogP) is 3.75. The Balaban J connectivity index is 1.93. The summed E-state index contributed by atoms with van der Waals surface area (Å²) in [5.74, 6) is 1.85. The van der Waals surface area contributed by atoms with E-state index in [0.717, 1.165) is 18.2 Å². The van der Waals surface area contributed by atoms with Crippen molar-refractivity contribution in [3.63, 3.8) is 0 Å². The van der Waals surface area contributed by atoms with E-state index < -0.39 is 0 Å². The quantitative estimate of drug-likeness (QED) is 0.855. The highest BCUT2D eigenvalue weighted by Gasteiger charge is 2.23. The Morgan fingerprint density at radius 3 is 2.78 bits per heavy atom. The van der Waals surface area contributed by atoms with Crippen LogP contribution in [0.15, 0.2) is 24.3 Å². The zero-order valence-electron chi connectivity index (χ0n) is 11.6. The molecule has 2 atom stereocenters. The maximum Gasteiger partial charge on any atom is 0.123 e. The normalized spacial score (nSPS) is 23.9. The molecular weight excluding hydrogens is 222 g/mol. The van der Waals surface area contributed by atoms with Crippen molar-refractivity contribution < 1.29 is 4.74 Å². The molecule has 0 radical (unpaired) electrons. The van der Waals surface area contributed by atoms with Crippen LogP contribution in [-0.2, 0) is 6.54 Å². The monoisotopic (exact) mass is 247 g/mol. The first-order valence-corrected chi connectivity index (χ1v) is 7.20. The first-order chi connectivity index (χ1) is 8.85. The number of para-hydroxylation sites is 1. The maximum absolute atomic E-state index is 5.40. The summed E-state index contributed by atoms with van der Waals surface area (Å²) in [6.45, 7) is 3.24. The Kier molecular flexibility index (Phi) is 5.06. The van der Waals surface area contributed by atoms with Crippen LogP contribution in [0.5, 0.6) is 5.75 Å². The molecule has 0 heterocycles. The van der Waals surface area contributed by atoms with E-state index in [1.165, 1.54) is 37.7 Å². The second kappa shape index (κ2) is 6.79. The Morgan fingerprint density at radius 1 is 1.22 bits per heavy atom. The highest BCUT2D eigenvalue weighted by atomic mass is 16.5. The van der Waals surface area contributed by atoms with E-state index >= 15 is 0 Å². The summed E-state index contributed by atoms with van der Waals surface area (Å²) in [5, 5.41) is 3.73. The molecule has 18 heavy (non-hydrogen) atoms. The smallest absolute Gasteiger partial charge is 0.123 e. The third kappa shape index (κ3) is 3.26. The average Bonchev–Trinajstić information content (AvgIpc) is 2.45. The molecule has 1 aliphatic rings. The lowest BCUT2D eigenvalue weighted by Crippen LogP contribution is -2.37. The largest absolute Gasteiger partial charge is 0.496 e. The van der Waals surface area contributed by atoms with Gasteiger partial charge in [-0.15, -0.1) is 0 Å². The average molecular weight is 247 g/mol. The number of rotatable bonds is 5. The van der Waals surface area contributed by atoms with Gasteiger partial charge in [-0.25, -0.2) is 0 Å². The van der Waals surface area contributed by atoms with Gasteiger partial charge in [0.2, 0.25) is 0 Å². The predicted molar refractivity (Wildman–Crippen MR) is 75.9 cm³/mol. The lowest BCUT2D eigenvalue weighted by Gasteiger charge is -2.31. The number of hydrogen-bond donors (Lipinski definition) is 1. The van der Waals surface area contributed by atoms with Gasteiger partial charge in [-0.2, -0.15) is 0 Å². The van der Waals surface area contributed by atoms with Crippen LogP contribution in [0.1, 0.15) is 44.6 Å². The number of nitrogens with one attached hydrogen (secondary N) is 1. The molecule has 1 N–H and O–H groups in total. The Bertz CT molecular complexity index is 364. The SMILES string of the molecule is CCC1CCCCC1NCc1ccccc1OC. The fourth-order valence-electron chi connectivity index (χ4n) is 3.06. The summed E-state index contributed by atoms with van der Waals surface area (Å²) in [4.78, 5) is 0. The molecule has 2 rings (SSSR count). The van der Waals surface area contributed by atoms with Crippen LogP contribution in [0.25, 0.3) is 0 Å². The Morgan fingerprint density at radius 2 is 2.00 bits per heavy atom. The van der Waals surface area contributed by atoms with Crippen LogP contribution in [-0.4, -0.2) is 13.2 Å². The van der Waals surface area contributed by atoms with Crippen LogP contribution in [0.3, 0.4) is 0 Å². The van der Waals surface area contributed by atoms with Crippen LogP contribution in [0.4, 0.5) is 0 Å². The fourth-order valence-corrected chi connectivity index (χ4v) is 3.06. The number of benzene rings is 1. The van der Waals surface area contributed by atoms with Crippen molar-refractivity contribution in [3.05, 3.63) is 29.8 Å². The van der Waals surface area contributed by atoms with Crippen LogP contribution in [0, 0.1) is 5.92 Å². The van der Waals surface area contributed by atoms with Gasteiger partial charge in [0.05, 0.1) is 7.11 Å². The van der Waals surface area contributed by atoms with Gasteiger partial charge < -0.3 is 10.1 Å². The van der Waals surface area contributed by atoms with E-state index in [4.69, 9.17) is 4.74 Å². The summed E-state index contributed by atoms with van der Waals surface area (Å²) in [7, 11) is 1.74. The molecule has 1 saturated carbocycles. The third-order valence-corrected chi connectivity index (χ3v) is 4.18. The highest BCUT2D eigenvalue weighted by Crippen LogP contribution is 2.27. The molecule has 0 amide bonds. The zero-order chi connectivity index (χ0) is 12.8. The van der Waals surface area contributed by atoms with Crippen LogP contribution >= 0.6 is 0 Å². The molecule has 0 saturated heterocycles. The summed E-state index contributed by atoms with van der Waals surface area (Å²) >= 11 is 0. The minimum atomic E-state index is 0.689. The molecule has 1 aromatic rings. The van der Waals surface area contributed by atoms with Gasteiger partial charge in [-0.05, 0) is 24.8 Å². The fraction of sp³-hybridized carbons (Fsp3) is 0.625. The van der Waals surface area contributed by atoms with E-state index in [-0.39, 0.29) is 0 Å². The first-order valence-electron chi connectivity index (χ1n) is 7.20. The van der Waals surface area contributed by atoms with Crippen LogP contribution < -0.4 is 10.1 Å². The van der Waals surface area contributed by atoms with Crippen molar-refractivity contribution in [1.29, 1.82) is 0 Å². The van der Waals surface area contributed by atoms with Gasteiger partial charge in [-0.1, -0.05) is 44.4 Å². The third-order valence-electron chi connectivity index (χ3n) is 4.18. The standard InChI is InChI=1S/C16H25NO/c1-3-13-8-4-6-10-15(13)17-12-14-9-5-7-11-16(14)18-2/h5,7,9,11,13,15,17H,3-4,6,8,10,12H2,1-2H3. The molecule has 0 spiro atoms. The molecular formula is C16H25NO. The summed E-state index contributed by atoms with van der Waals surface area (Å²) in [6.07, 6.45) is 6.79. The minimum absolute atomic E-state index is 0.689. The van der Waals surface area contributed by atoms with Gasteiger partial charge in [0.1, 0.15) is 5.75 Å². The van der Waals surface area contributed by atoms with Gasteiger partial charge in [0.15, 0.2) is 0 Å². The highest BCUT2D eigenvalue weighted by molar-refractivity contribution is 5.33. The molecule has 2 unspecified atom stereocenters. The minimum Gasteiger partial charge on any atom is -0.496 e. The van der Waals surface area contributed by atoms with E-state index in [1.807, 2.05) is 12.1 Å². The lowest BCUT2D eigenvalue weighted by atomic mass is 9.83. The van der Waals surface area contributed by atoms with E-state index in [0.29, 0.717) is 6.04 Å². The second-order valence-electron chi connectivity index (χ2n) is 5.25. The van der Waals surface area contributed by atoms with E-state index in [2.05, 4.69) is 24.4 Å². The maximum atomic E-state index is 5.40. The van der Waals surface area contributed by atoms with Crippen molar-refractivity contribution in [2.75, 3.05) is 7.11 Å². The summed E-state index contributed by atoms with van der Waals surface area (Å²) in [6, 6.07) is 8.98. The first kappa shape index (κ1) is 13.4. The van der Waals surface area contributed by atoms with Crippen molar-refractivity contribution in [2.24, 2.45) is 5.92 Å². The molecule has 2 heteroatoms. The molecule has 100 valence electrons. The van der Waals surface area contributed by atoms with Gasteiger partial charge >= 0.3 is 0 Å². The van der Waals surface area contributed by atoms with E-state index in [9.17, 15) is 0 Å². The second-order valence-corrected chi connectivity index (χ2v) is 5.25. The molecule has 1 aliphatic carbocycles. The topological polar surface area (TPSA) is 21.3 Å². The number of hydrogen-bond acceptors (Lipinski definition) is 2. The summed E-state index contributed by atoms with van der Waals surface area (Å²) in [5.41, 5.74) is 1.26. The van der Waals surface area contributed by atoms with Crippen LogP contribution in [0.2, 0.25) is 0 Å². The van der Waals surface area contributed by atoms with Crippen molar-refractivity contribution in [3.8, 4) is 5.75 Å². The number of ether oxygens (including phenoxy) is 1. The Hall–Kier alpha value is -1.02.